The summed E-state index contributed by atoms with van der Waals surface area (Å²) in [4.78, 5) is 25.0. The summed E-state index contributed by atoms with van der Waals surface area (Å²) >= 11 is 0. The molecule has 1 aromatic rings. The normalized spacial score (nSPS) is 10.3. The van der Waals surface area contributed by atoms with E-state index >= 15 is 0 Å². The number of rotatable bonds is 14. The van der Waals surface area contributed by atoms with Crippen molar-refractivity contribution in [2.24, 2.45) is 0 Å². The predicted molar refractivity (Wildman–Crippen MR) is 113 cm³/mol. The number of carbonyl (C=O) groups excluding carboxylic acids is 2. The van der Waals surface area contributed by atoms with Gasteiger partial charge in [-0.1, -0.05) is 58.4 Å². The third-order valence-corrected chi connectivity index (χ3v) is 4.42. The van der Waals surface area contributed by atoms with Crippen LogP contribution in [0.1, 0.15) is 70.8 Å². The molecule has 0 heterocycles. The van der Waals surface area contributed by atoms with Gasteiger partial charge in [0.2, 0.25) is 0 Å². The standard InChI is InChI=1S/C23H34O6/c1-4-6-8-10-14-28-22(25)19(23(26)29-15-11-9-7-5-2)16-18-12-13-20(24)21(17-18)27-3/h12-13,16-17,24H,4-11,14-15H2,1-3H3. The molecule has 6 heteroatoms. The van der Waals surface area contributed by atoms with Gasteiger partial charge < -0.3 is 19.3 Å². The van der Waals surface area contributed by atoms with Gasteiger partial charge >= 0.3 is 11.9 Å². The average Bonchev–Trinajstić information content (AvgIpc) is 2.72. The number of unbranched alkanes of at least 4 members (excludes halogenated alkanes) is 6. The van der Waals surface area contributed by atoms with Crippen LogP contribution in [0.5, 0.6) is 11.5 Å². The lowest BCUT2D eigenvalue weighted by atomic mass is 10.1. The third-order valence-electron chi connectivity index (χ3n) is 4.42. The molecule has 0 unspecified atom stereocenters. The number of carbonyl (C=O) groups is 2. The van der Waals surface area contributed by atoms with E-state index in [0.29, 0.717) is 5.56 Å². The molecule has 6 nitrogen and oxygen atoms in total. The molecule has 0 amide bonds. The molecule has 29 heavy (non-hydrogen) atoms. The molecule has 0 spiro atoms. The van der Waals surface area contributed by atoms with E-state index < -0.39 is 11.9 Å². The first-order valence-corrected chi connectivity index (χ1v) is 10.5. The van der Waals surface area contributed by atoms with Gasteiger partial charge in [0.1, 0.15) is 5.57 Å². The number of hydrogen-bond acceptors (Lipinski definition) is 6. The largest absolute Gasteiger partial charge is 0.504 e. The number of esters is 2. The van der Waals surface area contributed by atoms with Crippen LogP contribution in [0.3, 0.4) is 0 Å². The molecule has 1 rings (SSSR count). The fourth-order valence-electron chi connectivity index (χ4n) is 2.69. The van der Waals surface area contributed by atoms with E-state index in [-0.39, 0.29) is 30.3 Å². The predicted octanol–water partition coefficient (Wildman–Crippen LogP) is 5.03. The minimum absolute atomic E-state index is 0.0248. The van der Waals surface area contributed by atoms with Crippen LogP contribution in [0, 0.1) is 0 Å². The van der Waals surface area contributed by atoms with Crippen molar-refractivity contribution in [1.29, 1.82) is 0 Å². The van der Waals surface area contributed by atoms with Gasteiger partial charge in [0.25, 0.3) is 0 Å². The van der Waals surface area contributed by atoms with E-state index in [9.17, 15) is 14.7 Å². The van der Waals surface area contributed by atoms with Crippen LogP contribution in [0.25, 0.3) is 6.08 Å². The molecule has 0 atom stereocenters. The Labute approximate surface area is 173 Å². The maximum atomic E-state index is 12.5. The molecule has 0 aliphatic heterocycles. The van der Waals surface area contributed by atoms with Crippen LogP contribution in [-0.4, -0.2) is 37.4 Å². The Morgan fingerprint density at radius 3 is 1.93 bits per heavy atom. The van der Waals surface area contributed by atoms with Crippen LogP contribution < -0.4 is 4.74 Å². The Hall–Kier alpha value is -2.50. The van der Waals surface area contributed by atoms with Gasteiger partial charge in [-0.15, -0.1) is 0 Å². The zero-order chi connectivity index (χ0) is 21.5. The number of phenols is 1. The quantitative estimate of drug-likeness (QED) is 0.153. The van der Waals surface area contributed by atoms with Gasteiger partial charge in [-0.2, -0.15) is 0 Å². The molecule has 0 saturated heterocycles. The molecule has 1 aromatic carbocycles. The van der Waals surface area contributed by atoms with Gasteiger partial charge in [0.15, 0.2) is 11.5 Å². The molecule has 0 aliphatic rings. The minimum Gasteiger partial charge on any atom is -0.504 e. The first-order chi connectivity index (χ1) is 14.0. The van der Waals surface area contributed by atoms with Crippen molar-refractivity contribution < 1.29 is 28.9 Å². The number of aromatic hydroxyl groups is 1. The Morgan fingerprint density at radius 1 is 0.897 bits per heavy atom. The molecular formula is C23H34O6. The lowest BCUT2D eigenvalue weighted by molar-refractivity contribution is -0.147. The van der Waals surface area contributed by atoms with Crippen LogP contribution in [0.2, 0.25) is 0 Å². The molecule has 0 bridgehead atoms. The van der Waals surface area contributed by atoms with Crippen molar-refractivity contribution >= 4 is 18.0 Å². The van der Waals surface area contributed by atoms with Crippen molar-refractivity contribution in [3.05, 3.63) is 29.3 Å². The second-order valence-corrected chi connectivity index (χ2v) is 6.88. The number of hydrogen-bond donors (Lipinski definition) is 1. The van der Waals surface area contributed by atoms with Crippen LogP contribution in [0.15, 0.2) is 23.8 Å². The highest BCUT2D eigenvalue weighted by Gasteiger charge is 2.22. The van der Waals surface area contributed by atoms with Crippen LogP contribution >= 0.6 is 0 Å². The maximum absolute atomic E-state index is 12.5. The van der Waals surface area contributed by atoms with Crippen molar-refractivity contribution in [3.63, 3.8) is 0 Å². The van der Waals surface area contributed by atoms with Crippen LogP contribution in [0.4, 0.5) is 0 Å². The van der Waals surface area contributed by atoms with E-state index in [1.807, 2.05) is 0 Å². The highest BCUT2D eigenvalue weighted by atomic mass is 16.6. The SMILES string of the molecule is CCCCCCOC(=O)C(=Cc1ccc(O)c(OC)c1)C(=O)OCCCCCC. The minimum atomic E-state index is -0.702. The van der Waals surface area contributed by atoms with E-state index in [2.05, 4.69) is 13.8 Å². The van der Waals surface area contributed by atoms with Crippen molar-refractivity contribution in [1.82, 2.24) is 0 Å². The number of phenolic OH excluding ortho intramolecular Hbond substituents is 1. The van der Waals surface area contributed by atoms with E-state index in [0.717, 1.165) is 51.4 Å². The zero-order valence-corrected chi connectivity index (χ0v) is 17.9. The highest BCUT2D eigenvalue weighted by molar-refractivity contribution is 6.17. The van der Waals surface area contributed by atoms with Crippen LogP contribution in [-0.2, 0) is 19.1 Å². The van der Waals surface area contributed by atoms with Gasteiger partial charge in [0.05, 0.1) is 20.3 Å². The van der Waals surface area contributed by atoms with E-state index in [1.165, 1.54) is 19.3 Å². The second kappa shape index (κ2) is 14.5. The Balaban J connectivity index is 2.86. The molecule has 1 N–H and O–H groups in total. The Bertz CT molecular complexity index is 637. The first kappa shape index (κ1) is 24.5. The smallest absolute Gasteiger partial charge is 0.345 e. The monoisotopic (exact) mass is 406 g/mol. The molecule has 0 aromatic heterocycles. The van der Waals surface area contributed by atoms with Crippen molar-refractivity contribution in [2.45, 2.75) is 65.2 Å². The van der Waals surface area contributed by atoms with Crippen molar-refractivity contribution in [2.75, 3.05) is 20.3 Å². The number of methoxy groups -OCH3 is 1. The Kier molecular flexibility index (Phi) is 12.3. The second-order valence-electron chi connectivity index (χ2n) is 6.88. The summed E-state index contributed by atoms with van der Waals surface area (Å²) in [6.45, 7) is 4.74. The fourth-order valence-corrected chi connectivity index (χ4v) is 2.69. The van der Waals surface area contributed by atoms with Gasteiger partial charge in [0, 0.05) is 0 Å². The van der Waals surface area contributed by atoms with Gasteiger partial charge in [-0.25, -0.2) is 9.59 Å². The van der Waals surface area contributed by atoms with Crippen molar-refractivity contribution in [3.8, 4) is 11.5 Å². The molecule has 0 radical (unpaired) electrons. The van der Waals surface area contributed by atoms with E-state index in [4.69, 9.17) is 14.2 Å². The maximum Gasteiger partial charge on any atom is 0.345 e. The molecular weight excluding hydrogens is 372 g/mol. The average molecular weight is 407 g/mol. The molecule has 0 fully saturated rings. The molecule has 0 aliphatic carbocycles. The third kappa shape index (κ3) is 9.50. The summed E-state index contributed by atoms with van der Waals surface area (Å²) in [6, 6.07) is 4.56. The highest BCUT2D eigenvalue weighted by Crippen LogP contribution is 2.27. The Morgan fingerprint density at radius 2 is 1.45 bits per heavy atom. The number of benzene rings is 1. The van der Waals surface area contributed by atoms with Gasteiger partial charge in [-0.05, 0) is 36.6 Å². The fraction of sp³-hybridized carbons (Fsp3) is 0.565. The first-order valence-electron chi connectivity index (χ1n) is 10.5. The zero-order valence-electron chi connectivity index (χ0n) is 17.9. The summed E-state index contributed by atoms with van der Waals surface area (Å²) in [5.41, 5.74) is 0.365. The molecule has 162 valence electrons. The lowest BCUT2D eigenvalue weighted by Crippen LogP contribution is -2.19. The summed E-state index contributed by atoms with van der Waals surface area (Å²) in [5, 5.41) is 9.73. The summed E-state index contributed by atoms with van der Waals surface area (Å²) in [5.74, 6) is -1.18. The number of ether oxygens (including phenoxy) is 3. The summed E-state index contributed by atoms with van der Waals surface area (Å²) in [6.07, 6.45) is 9.20. The van der Waals surface area contributed by atoms with E-state index in [1.54, 1.807) is 12.1 Å². The molecule has 0 saturated carbocycles. The van der Waals surface area contributed by atoms with Gasteiger partial charge in [-0.3, -0.25) is 0 Å². The summed E-state index contributed by atoms with van der Waals surface area (Å²) in [7, 11) is 1.43. The lowest BCUT2D eigenvalue weighted by Gasteiger charge is -2.10. The topological polar surface area (TPSA) is 82.1 Å². The summed E-state index contributed by atoms with van der Waals surface area (Å²) < 4.78 is 15.6.